The lowest BCUT2D eigenvalue weighted by molar-refractivity contribution is -0.141. The fourth-order valence-corrected chi connectivity index (χ4v) is 2.51. The van der Waals surface area contributed by atoms with Crippen molar-refractivity contribution in [3.63, 3.8) is 0 Å². The first-order valence-corrected chi connectivity index (χ1v) is 7.72. The summed E-state index contributed by atoms with van der Waals surface area (Å²) in [5, 5.41) is 3.46. The average Bonchev–Trinajstić information content (AvgIpc) is 3.30. The van der Waals surface area contributed by atoms with Gasteiger partial charge >= 0.3 is 5.97 Å². The molecule has 0 bridgehead atoms. The van der Waals surface area contributed by atoms with Crippen molar-refractivity contribution in [3.05, 3.63) is 22.2 Å². The van der Waals surface area contributed by atoms with E-state index in [0.29, 0.717) is 17.5 Å². The van der Waals surface area contributed by atoms with Crippen molar-refractivity contribution in [2.45, 2.75) is 31.8 Å². The number of benzene rings is 1. The third-order valence-corrected chi connectivity index (χ3v) is 3.83. The smallest absolute Gasteiger partial charge is 0.308 e. The predicted molar refractivity (Wildman–Crippen MR) is 82.7 cm³/mol. The molecule has 1 fully saturated rings. The van der Waals surface area contributed by atoms with E-state index < -0.39 is 0 Å². The van der Waals surface area contributed by atoms with Gasteiger partial charge in [0.25, 0.3) is 0 Å². The zero-order valence-electron chi connectivity index (χ0n) is 12.3. The van der Waals surface area contributed by atoms with Crippen molar-refractivity contribution in [1.29, 1.82) is 0 Å². The number of esters is 1. The summed E-state index contributed by atoms with van der Waals surface area (Å²) in [5.41, 5.74) is 1.13. The Hall–Kier alpha value is -1.27. The highest BCUT2D eigenvalue weighted by Gasteiger charge is 2.20. The molecule has 0 unspecified atom stereocenters. The highest BCUT2D eigenvalue weighted by Crippen LogP contribution is 2.37. The van der Waals surface area contributed by atoms with Gasteiger partial charge in [0.15, 0.2) is 11.5 Å². The minimum atomic E-state index is -0.296. The number of ether oxygens (including phenoxy) is 3. The summed E-state index contributed by atoms with van der Waals surface area (Å²) in [7, 11) is 2.97. The highest BCUT2D eigenvalue weighted by atomic mass is 79.9. The standard InChI is InChI=1S/C15H20BrNO4/c1-19-13-8-10(9-17-11-3-4-11)7-12(16)15(13)21-6-5-14(18)20-2/h7-8,11,17H,3-6,9H2,1-2H3. The maximum Gasteiger partial charge on any atom is 0.308 e. The van der Waals surface area contributed by atoms with Gasteiger partial charge < -0.3 is 19.5 Å². The van der Waals surface area contributed by atoms with Crippen LogP contribution in [0.2, 0.25) is 0 Å². The van der Waals surface area contributed by atoms with Crippen molar-refractivity contribution in [3.8, 4) is 11.5 Å². The third kappa shape index (κ3) is 4.89. The zero-order chi connectivity index (χ0) is 15.2. The Morgan fingerprint density at radius 2 is 2.14 bits per heavy atom. The normalized spacial score (nSPS) is 13.9. The molecule has 0 aliphatic heterocycles. The number of hydrogen-bond donors (Lipinski definition) is 1. The summed E-state index contributed by atoms with van der Waals surface area (Å²) in [6.07, 6.45) is 2.72. The SMILES string of the molecule is COC(=O)CCOc1c(Br)cc(CNC2CC2)cc1OC. The van der Waals surface area contributed by atoms with E-state index in [4.69, 9.17) is 9.47 Å². The fourth-order valence-electron chi connectivity index (χ4n) is 1.90. The molecule has 2 rings (SSSR count). The molecule has 1 aliphatic carbocycles. The average molecular weight is 358 g/mol. The van der Waals surface area contributed by atoms with Crippen LogP contribution < -0.4 is 14.8 Å². The van der Waals surface area contributed by atoms with Gasteiger partial charge in [0.1, 0.15) is 0 Å². The Labute approximate surface area is 133 Å². The lowest BCUT2D eigenvalue weighted by atomic mass is 10.2. The minimum Gasteiger partial charge on any atom is -0.493 e. The van der Waals surface area contributed by atoms with Crippen molar-refractivity contribution >= 4 is 21.9 Å². The van der Waals surface area contributed by atoms with Gasteiger partial charge in [-0.3, -0.25) is 4.79 Å². The molecule has 21 heavy (non-hydrogen) atoms. The molecule has 1 saturated carbocycles. The minimum absolute atomic E-state index is 0.205. The van der Waals surface area contributed by atoms with Gasteiger partial charge in [-0.1, -0.05) is 0 Å². The van der Waals surface area contributed by atoms with Crippen molar-refractivity contribution < 1.29 is 19.0 Å². The molecule has 1 N–H and O–H groups in total. The van der Waals surface area contributed by atoms with E-state index in [1.165, 1.54) is 20.0 Å². The molecule has 0 spiro atoms. The number of halogens is 1. The van der Waals surface area contributed by atoms with Crippen LogP contribution in [-0.4, -0.2) is 32.8 Å². The first kappa shape index (κ1) is 16.1. The Bertz CT molecular complexity index is 503. The Morgan fingerprint density at radius 1 is 1.38 bits per heavy atom. The molecular formula is C15H20BrNO4. The van der Waals surface area contributed by atoms with Gasteiger partial charge in [0, 0.05) is 12.6 Å². The molecule has 0 atom stereocenters. The van der Waals surface area contributed by atoms with Crippen LogP contribution in [0.25, 0.3) is 0 Å². The largest absolute Gasteiger partial charge is 0.493 e. The van der Waals surface area contributed by atoms with Crippen LogP contribution in [0.3, 0.4) is 0 Å². The fraction of sp³-hybridized carbons (Fsp3) is 0.533. The Kier molecular flexibility index (Phi) is 5.87. The molecule has 1 aliphatic rings. The van der Waals surface area contributed by atoms with E-state index in [9.17, 15) is 4.79 Å². The summed E-state index contributed by atoms with van der Waals surface area (Å²) in [5.74, 6) is 0.966. The topological polar surface area (TPSA) is 56.8 Å². The molecule has 0 saturated heterocycles. The van der Waals surface area contributed by atoms with Crippen LogP contribution in [0.4, 0.5) is 0 Å². The molecule has 0 radical (unpaired) electrons. The lowest BCUT2D eigenvalue weighted by Crippen LogP contribution is -2.15. The summed E-state index contributed by atoms with van der Waals surface area (Å²) in [6, 6.07) is 4.62. The van der Waals surface area contributed by atoms with Crippen LogP contribution in [0.5, 0.6) is 11.5 Å². The summed E-state index contributed by atoms with van der Waals surface area (Å²) in [6.45, 7) is 1.06. The third-order valence-electron chi connectivity index (χ3n) is 3.24. The number of carbonyl (C=O) groups excluding carboxylic acids is 1. The van der Waals surface area contributed by atoms with Gasteiger partial charge in [0.2, 0.25) is 0 Å². The maximum absolute atomic E-state index is 11.1. The maximum atomic E-state index is 11.1. The van der Waals surface area contributed by atoms with Crippen LogP contribution >= 0.6 is 15.9 Å². The summed E-state index contributed by atoms with van der Waals surface area (Å²) < 4.78 is 16.4. The second kappa shape index (κ2) is 7.66. The van der Waals surface area contributed by atoms with Crippen molar-refractivity contribution in [2.24, 2.45) is 0 Å². The molecule has 0 aromatic heterocycles. The van der Waals surface area contributed by atoms with Crippen LogP contribution in [0, 0.1) is 0 Å². The van der Waals surface area contributed by atoms with E-state index in [0.717, 1.165) is 16.6 Å². The molecule has 1 aromatic rings. The number of carbonyl (C=O) groups is 1. The molecular weight excluding hydrogens is 338 g/mol. The first-order valence-electron chi connectivity index (χ1n) is 6.93. The van der Waals surface area contributed by atoms with E-state index >= 15 is 0 Å². The summed E-state index contributed by atoms with van der Waals surface area (Å²) in [4.78, 5) is 11.1. The first-order chi connectivity index (χ1) is 10.1. The van der Waals surface area contributed by atoms with Gasteiger partial charge in [-0.05, 0) is 46.5 Å². The number of rotatable bonds is 8. The second-order valence-corrected chi connectivity index (χ2v) is 5.79. The van der Waals surface area contributed by atoms with E-state index in [-0.39, 0.29) is 19.0 Å². The quantitative estimate of drug-likeness (QED) is 0.724. The lowest BCUT2D eigenvalue weighted by Gasteiger charge is -2.14. The van der Waals surface area contributed by atoms with Crippen LogP contribution in [0.15, 0.2) is 16.6 Å². The van der Waals surface area contributed by atoms with E-state index in [1.807, 2.05) is 12.1 Å². The molecule has 1 aromatic carbocycles. The van der Waals surface area contributed by atoms with Gasteiger partial charge in [-0.25, -0.2) is 0 Å². The second-order valence-electron chi connectivity index (χ2n) is 4.94. The molecule has 116 valence electrons. The number of nitrogens with one attached hydrogen (secondary N) is 1. The van der Waals surface area contributed by atoms with Crippen molar-refractivity contribution in [1.82, 2.24) is 5.32 Å². The highest BCUT2D eigenvalue weighted by molar-refractivity contribution is 9.10. The van der Waals surface area contributed by atoms with E-state index in [2.05, 4.69) is 26.0 Å². The summed E-state index contributed by atoms with van der Waals surface area (Å²) >= 11 is 3.50. The van der Waals surface area contributed by atoms with Crippen LogP contribution in [-0.2, 0) is 16.1 Å². The van der Waals surface area contributed by atoms with Gasteiger partial charge in [-0.2, -0.15) is 0 Å². The monoisotopic (exact) mass is 357 g/mol. The Balaban J connectivity index is 1.99. The van der Waals surface area contributed by atoms with Gasteiger partial charge in [-0.15, -0.1) is 0 Å². The van der Waals surface area contributed by atoms with Crippen molar-refractivity contribution in [2.75, 3.05) is 20.8 Å². The Morgan fingerprint density at radius 3 is 2.76 bits per heavy atom. The van der Waals surface area contributed by atoms with Crippen LogP contribution in [0.1, 0.15) is 24.8 Å². The number of methoxy groups -OCH3 is 2. The molecule has 0 amide bonds. The van der Waals surface area contributed by atoms with E-state index in [1.54, 1.807) is 7.11 Å². The molecule has 5 nitrogen and oxygen atoms in total. The molecule has 0 heterocycles. The number of hydrogen-bond acceptors (Lipinski definition) is 5. The zero-order valence-corrected chi connectivity index (χ0v) is 13.9. The van der Waals surface area contributed by atoms with Gasteiger partial charge in [0.05, 0.1) is 31.7 Å². The molecule has 6 heteroatoms. The predicted octanol–water partition coefficient (Wildman–Crippen LogP) is 2.65.